The highest BCUT2D eigenvalue weighted by atomic mass is 32.1. The summed E-state index contributed by atoms with van der Waals surface area (Å²) in [7, 11) is 1.63. The Morgan fingerprint density at radius 2 is 1.89 bits per heavy atom. The number of nitrogens with zero attached hydrogens (tertiary/aromatic N) is 3. The quantitative estimate of drug-likeness (QED) is 0.768. The third kappa shape index (κ3) is 5.08. The largest absolute Gasteiger partial charge is 0.497 e. The molecule has 0 spiro atoms. The molecule has 0 bridgehead atoms. The van der Waals surface area contributed by atoms with Crippen LogP contribution in [0.3, 0.4) is 0 Å². The molecule has 1 aliphatic rings. The summed E-state index contributed by atoms with van der Waals surface area (Å²) in [5, 5.41) is 5.52. The molecule has 2 aromatic rings. The van der Waals surface area contributed by atoms with E-state index in [0.29, 0.717) is 45.0 Å². The van der Waals surface area contributed by atoms with Crippen molar-refractivity contribution in [3.05, 3.63) is 35.3 Å². The van der Waals surface area contributed by atoms with Crippen molar-refractivity contribution in [3.8, 4) is 16.3 Å². The first-order valence-electron chi connectivity index (χ1n) is 9.49. The van der Waals surface area contributed by atoms with Gasteiger partial charge in [0.2, 0.25) is 5.91 Å². The van der Waals surface area contributed by atoms with Crippen molar-refractivity contribution in [2.45, 2.75) is 13.3 Å². The highest BCUT2D eigenvalue weighted by Crippen LogP contribution is 2.26. The van der Waals surface area contributed by atoms with Crippen LogP contribution in [0.2, 0.25) is 0 Å². The number of thiazole rings is 1. The van der Waals surface area contributed by atoms with Crippen LogP contribution in [-0.4, -0.2) is 73.0 Å². The van der Waals surface area contributed by atoms with Gasteiger partial charge in [0.1, 0.15) is 16.5 Å². The minimum atomic E-state index is -0.0499. The monoisotopic (exact) mass is 402 g/mol. The molecule has 0 aliphatic carbocycles. The van der Waals surface area contributed by atoms with Gasteiger partial charge in [0.15, 0.2) is 0 Å². The number of aromatic nitrogens is 1. The average Bonchev–Trinajstić information content (AvgIpc) is 3.22. The number of nitrogens with one attached hydrogen (secondary N) is 1. The second-order valence-corrected chi connectivity index (χ2v) is 7.54. The molecule has 150 valence electrons. The molecule has 1 fully saturated rings. The summed E-state index contributed by atoms with van der Waals surface area (Å²) >= 11 is 1.46. The lowest BCUT2D eigenvalue weighted by molar-refractivity contribution is -0.122. The number of carbonyl (C=O) groups is 2. The number of rotatable bonds is 7. The van der Waals surface area contributed by atoms with E-state index in [9.17, 15) is 9.59 Å². The Morgan fingerprint density at radius 1 is 1.18 bits per heavy atom. The van der Waals surface area contributed by atoms with E-state index >= 15 is 0 Å². The Hall–Kier alpha value is -2.45. The van der Waals surface area contributed by atoms with E-state index in [1.54, 1.807) is 7.11 Å². The highest BCUT2D eigenvalue weighted by molar-refractivity contribution is 7.13. The van der Waals surface area contributed by atoms with Crippen LogP contribution >= 0.6 is 11.3 Å². The molecule has 7 nitrogen and oxygen atoms in total. The molecule has 0 atom stereocenters. The number of benzene rings is 1. The van der Waals surface area contributed by atoms with Crippen LogP contribution in [0.15, 0.2) is 29.6 Å². The van der Waals surface area contributed by atoms with Crippen LogP contribution in [0.25, 0.3) is 10.6 Å². The number of amides is 2. The Morgan fingerprint density at radius 3 is 2.54 bits per heavy atom. The molecular formula is C20H26N4O3S. The van der Waals surface area contributed by atoms with Crippen molar-refractivity contribution in [2.24, 2.45) is 0 Å². The fraction of sp³-hybridized carbons (Fsp3) is 0.450. The maximum atomic E-state index is 12.8. The van der Waals surface area contributed by atoms with Gasteiger partial charge in [-0.25, -0.2) is 4.98 Å². The van der Waals surface area contributed by atoms with Gasteiger partial charge in [-0.3, -0.25) is 14.5 Å². The standard InChI is InChI=1S/C20H26N4O3S/c1-3-8-21-18(25)13-23-9-11-24(12-10-23)20(26)17-14-28-19(22-17)15-4-6-16(27-2)7-5-15/h4-7,14H,3,8-13H2,1-2H3,(H,21,25). The summed E-state index contributed by atoms with van der Waals surface area (Å²) in [5.74, 6) is 0.786. The van der Waals surface area contributed by atoms with Crippen molar-refractivity contribution in [3.63, 3.8) is 0 Å². The van der Waals surface area contributed by atoms with Crippen LogP contribution in [0.4, 0.5) is 0 Å². The molecular weight excluding hydrogens is 376 g/mol. The molecule has 0 unspecified atom stereocenters. The summed E-state index contributed by atoms with van der Waals surface area (Å²) in [6, 6.07) is 7.64. The van der Waals surface area contributed by atoms with Gasteiger partial charge >= 0.3 is 0 Å². The Kier molecular flexibility index (Phi) is 7.00. The van der Waals surface area contributed by atoms with Crippen LogP contribution in [0, 0.1) is 0 Å². The molecule has 3 rings (SSSR count). The lowest BCUT2D eigenvalue weighted by Crippen LogP contribution is -2.51. The van der Waals surface area contributed by atoms with Gasteiger partial charge in [-0.2, -0.15) is 0 Å². The second-order valence-electron chi connectivity index (χ2n) is 6.68. The van der Waals surface area contributed by atoms with Crippen molar-refractivity contribution < 1.29 is 14.3 Å². The zero-order valence-corrected chi connectivity index (χ0v) is 17.1. The smallest absolute Gasteiger partial charge is 0.273 e. The molecule has 1 saturated heterocycles. The van der Waals surface area contributed by atoms with Gasteiger partial charge in [0.05, 0.1) is 13.7 Å². The summed E-state index contributed by atoms with van der Waals surface area (Å²) < 4.78 is 5.17. The first-order chi connectivity index (χ1) is 13.6. The minimum absolute atomic E-state index is 0.0465. The van der Waals surface area contributed by atoms with Crippen LogP contribution in [0.5, 0.6) is 5.75 Å². The Bertz CT molecular complexity index is 798. The van der Waals surface area contributed by atoms with E-state index in [4.69, 9.17) is 4.74 Å². The molecule has 1 aromatic heterocycles. The Balaban J connectivity index is 1.54. The number of hydrogen-bond donors (Lipinski definition) is 1. The number of methoxy groups -OCH3 is 1. The Labute approximate surface area is 169 Å². The SMILES string of the molecule is CCCNC(=O)CN1CCN(C(=O)c2csc(-c3ccc(OC)cc3)n2)CC1. The molecule has 1 N–H and O–H groups in total. The minimum Gasteiger partial charge on any atom is -0.497 e. The van der Waals surface area contributed by atoms with E-state index in [1.165, 1.54) is 11.3 Å². The number of hydrogen-bond acceptors (Lipinski definition) is 6. The molecule has 1 aromatic carbocycles. The lowest BCUT2D eigenvalue weighted by atomic mass is 10.2. The summed E-state index contributed by atoms with van der Waals surface area (Å²) in [4.78, 5) is 33.0. The van der Waals surface area contributed by atoms with Crippen molar-refractivity contribution in [1.29, 1.82) is 0 Å². The van der Waals surface area contributed by atoms with E-state index in [-0.39, 0.29) is 11.8 Å². The second kappa shape index (κ2) is 9.66. The van der Waals surface area contributed by atoms with Crippen molar-refractivity contribution in [1.82, 2.24) is 20.1 Å². The van der Waals surface area contributed by atoms with Crippen LogP contribution < -0.4 is 10.1 Å². The summed E-state index contributed by atoms with van der Waals surface area (Å²) in [5.41, 5.74) is 1.44. The predicted octanol–water partition coefficient (Wildman–Crippen LogP) is 2.10. The molecule has 0 saturated carbocycles. The maximum absolute atomic E-state index is 12.8. The molecule has 2 amide bonds. The van der Waals surface area contributed by atoms with Crippen molar-refractivity contribution >= 4 is 23.2 Å². The predicted molar refractivity (Wildman–Crippen MR) is 110 cm³/mol. The topological polar surface area (TPSA) is 74.8 Å². The van der Waals surface area contributed by atoms with E-state index in [1.807, 2.05) is 41.5 Å². The lowest BCUT2D eigenvalue weighted by Gasteiger charge is -2.33. The first kappa shape index (κ1) is 20.3. The number of ether oxygens (including phenoxy) is 1. The van der Waals surface area contributed by atoms with Crippen LogP contribution in [0.1, 0.15) is 23.8 Å². The van der Waals surface area contributed by atoms with Gasteiger partial charge in [-0.05, 0) is 30.7 Å². The fourth-order valence-corrected chi connectivity index (χ4v) is 3.83. The molecule has 2 heterocycles. The highest BCUT2D eigenvalue weighted by Gasteiger charge is 2.24. The van der Waals surface area contributed by atoms with Gasteiger partial charge in [-0.15, -0.1) is 11.3 Å². The normalized spacial score (nSPS) is 14.7. The van der Waals surface area contributed by atoms with Crippen LogP contribution in [-0.2, 0) is 4.79 Å². The van der Waals surface area contributed by atoms with Gasteiger partial charge < -0.3 is 15.0 Å². The van der Waals surface area contributed by atoms with E-state index < -0.39 is 0 Å². The molecule has 1 aliphatic heterocycles. The first-order valence-corrected chi connectivity index (χ1v) is 10.4. The maximum Gasteiger partial charge on any atom is 0.273 e. The molecule has 8 heteroatoms. The summed E-state index contributed by atoms with van der Waals surface area (Å²) in [6.07, 6.45) is 0.931. The third-order valence-electron chi connectivity index (χ3n) is 4.66. The molecule has 28 heavy (non-hydrogen) atoms. The average molecular weight is 403 g/mol. The fourth-order valence-electron chi connectivity index (χ4n) is 3.03. The van der Waals surface area contributed by atoms with Crippen molar-refractivity contribution in [2.75, 3.05) is 46.4 Å². The number of carbonyl (C=O) groups excluding carboxylic acids is 2. The third-order valence-corrected chi connectivity index (χ3v) is 5.55. The number of piperazine rings is 1. The van der Waals surface area contributed by atoms with E-state index in [2.05, 4.69) is 15.2 Å². The van der Waals surface area contributed by atoms with Gasteiger partial charge in [0.25, 0.3) is 5.91 Å². The summed E-state index contributed by atoms with van der Waals surface area (Å²) in [6.45, 7) is 5.73. The van der Waals surface area contributed by atoms with E-state index in [0.717, 1.165) is 22.7 Å². The van der Waals surface area contributed by atoms with Gasteiger partial charge in [0, 0.05) is 43.7 Å². The van der Waals surface area contributed by atoms with Gasteiger partial charge in [-0.1, -0.05) is 6.92 Å². The molecule has 0 radical (unpaired) electrons. The zero-order valence-electron chi connectivity index (χ0n) is 16.3. The zero-order chi connectivity index (χ0) is 19.9.